The highest BCUT2D eigenvalue weighted by Gasteiger charge is 2.22. The second-order valence-electron chi connectivity index (χ2n) is 7.00. The Bertz CT molecular complexity index is 1260. The smallest absolute Gasteiger partial charge is 0.273 e. The summed E-state index contributed by atoms with van der Waals surface area (Å²) in [5.74, 6) is -0.821. The molecule has 160 valence electrons. The van der Waals surface area contributed by atoms with E-state index in [4.69, 9.17) is 0 Å². The normalized spacial score (nSPS) is 11.1. The molecule has 1 N–H and O–H groups in total. The van der Waals surface area contributed by atoms with E-state index in [-0.39, 0.29) is 24.2 Å². The SMILES string of the molecule is Cc1nc(C(=O)N(C)CCNC(=O)c2c(C)nc3sccn23)c(-c2ccc(F)cc2)s1. The fourth-order valence-corrected chi connectivity index (χ4v) is 4.92. The number of benzene rings is 1. The summed E-state index contributed by atoms with van der Waals surface area (Å²) in [6.45, 7) is 4.22. The Hall–Kier alpha value is -3.11. The maximum atomic E-state index is 13.3. The van der Waals surface area contributed by atoms with Gasteiger partial charge in [0.1, 0.15) is 17.2 Å². The maximum Gasteiger partial charge on any atom is 0.273 e. The minimum Gasteiger partial charge on any atom is -0.349 e. The molecule has 0 aliphatic heterocycles. The molecule has 3 aromatic heterocycles. The Balaban J connectivity index is 1.42. The van der Waals surface area contributed by atoms with E-state index in [1.54, 1.807) is 30.5 Å². The molecule has 0 aliphatic carbocycles. The van der Waals surface area contributed by atoms with Crippen LogP contribution in [0.25, 0.3) is 15.4 Å². The number of carbonyl (C=O) groups excluding carboxylic acids is 2. The van der Waals surface area contributed by atoms with E-state index in [9.17, 15) is 14.0 Å². The summed E-state index contributed by atoms with van der Waals surface area (Å²) < 4.78 is 15.0. The third kappa shape index (κ3) is 4.21. The van der Waals surface area contributed by atoms with Crippen LogP contribution in [0.2, 0.25) is 0 Å². The average molecular weight is 458 g/mol. The number of amides is 2. The van der Waals surface area contributed by atoms with E-state index < -0.39 is 0 Å². The Morgan fingerprint density at radius 3 is 2.68 bits per heavy atom. The van der Waals surface area contributed by atoms with E-state index in [0.717, 1.165) is 15.5 Å². The molecule has 0 spiro atoms. The summed E-state index contributed by atoms with van der Waals surface area (Å²) in [6, 6.07) is 6.00. The number of hydrogen-bond acceptors (Lipinski definition) is 6. The van der Waals surface area contributed by atoms with Gasteiger partial charge in [0.15, 0.2) is 4.96 Å². The van der Waals surface area contributed by atoms with Gasteiger partial charge in [-0.05, 0) is 31.5 Å². The summed E-state index contributed by atoms with van der Waals surface area (Å²) >= 11 is 2.85. The fraction of sp³-hybridized carbons (Fsp3) is 0.238. The molecular formula is C21H20FN5O2S2. The molecule has 1 aromatic carbocycles. The van der Waals surface area contributed by atoms with Crippen molar-refractivity contribution in [2.45, 2.75) is 13.8 Å². The monoisotopic (exact) mass is 457 g/mol. The maximum absolute atomic E-state index is 13.3. The Morgan fingerprint density at radius 1 is 1.19 bits per heavy atom. The zero-order chi connectivity index (χ0) is 22.1. The van der Waals surface area contributed by atoms with Crippen molar-refractivity contribution in [3.63, 3.8) is 0 Å². The Labute approximate surface area is 186 Å². The molecule has 0 aliphatic rings. The van der Waals surface area contributed by atoms with Crippen molar-refractivity contribution >= 4 is 39.4 Å². The van der Waals surface area contributed by atoms with E-state index in [1.165, 1.54) is 39.7 Å². The topological polar surface area (TPSA) is 79.6 Å². The molecule has 3 heterocycles. The molecule has 0 saturated heterocycles. The number of aryl methyl sites for hydroxylation is 2. The van der Waals surface area contributed by atoms with Crippen molar-refractivity contribution in [1.29, 1.82) is 0 Å². The average Bonchev–Trinajstić information content (AvgIpc) is 3.41. The largest absolute Gasteiger partial charge is 0.349 e. The quantitative estimate of drug-likeness (QED) is 0.478. The van der Waals surface area contributed by atoms with Crippen LogP contribution in [0.4, 0.5) is 4.39 Å². The molecule has 0 bridgehead atoms. The van der Waals surface area contributed by atoms with E-state index in [1.807, 2.05) is 18.5 Å². The van der Waals surface area contributed by atoms with Crippen LogP contribution in [-0.2, 0) is 0 Å². The number of rotatable bonds is 6. The lowest BCUT2D eigenvalue weighted by Gasteiger charge is -2.17. The van der Waals surface area contributed by atoms with Crippen LogP contribution in [0.1, 0.15) is 31.7 Å². The van der Waals surface area contributed by atoms with Crippen molar-refractivity contribution in [2.24, 2.45) is 0 Å². The van der Waals surface area contributed by atoms with Gasteiger partial charge in [-0.2, -0.15) is 0 Å². The predicted octanol–water partition coefficient (Wildman–Crippen LogP) is 3.78. The molecule has 0 unspecified atom stereocenters. The van der Waals surface area contributed by atoms with Crippen LogP contribution in [0.5, 0.6) is 0 Å². The minimum atomic E-state index is -0.334. The number of aromatic nitrogens is 3. The first-order valence-electron chi connectivity index (χ1n) is 9.54. The van der Waals surface area contributed by atoms with Crippen LogP contribution < -0.4 is 5.32 Å². The van der Waals surface area contributed by atoms with Gasteiger partial charge in [-0.15, -0.1) is 22.7 Å². The first-order chi connectivity index (χ1) is 14.8. The van der Waals surface area contributed by atoms with Crippen molar-refractivity contribution in [1.82, 2.24) is 24.6 Å². The number of nitrogens with one attached hydrogen (secondary N) is 1. The molecule has 7 nitrogen and oxygen atoms in total. The highest BCUT2D eigenvalue weighted by molar-refractivity contribution is 7.15. The van der Waals surface area contributed by atoms with Crippen LogP contribution in [0.3, 0.4) is 0 Å². The highest BCUT2D eigenvalue weighted by atomic mass is 32.1. The minimum absolute atomic E-state index is 0.235. The van der Waals surface area contributed by atoms with E-state index in [2.05, 4.69) is 15.3 Å². The van der Waals surface area contributed by atoms with Crippen LogP contribution >= 0.6 is 22.7 Å². The number of hydrogen-bond donors (Lipinski definition) is 1. The highest BCUT2D eigenvalue weighted by Crippen LogP contribution is 2.31. The molecule has 31 heavy (non-hydrogen) atoms. The van der Waals surface area contributed by atoms with Crippen LogP contribution in [-0.4, -0.2) is 51.2 Å². The third-order valence-corrected chi connectivity index (χ3v) is 6.55. The summed E-state index contributed by atoms with van der Waals surface area (Å²) in [5.41, 5.74) is 2.23. The standard InChI is InChI=1S/C21H20FN5O2S2/c1-12-17(27-10-11-30-21(27)24-12)19(28)23-8-9-26(3)20(29)16-18(31-13(2)25-16)14-4-6-15(22)7-5-14/h4-7,10-11H,8-9H2,1-3H3,(H,23,28). The number of carbonyl (C=O) groups is 2. The van der Waals surface area contributed by atoms with Gasteiger partial charge in [0, 0.05) is 31.7 Å². The van der Waals surface area contributed by atoms with Gasteiger partial charge in [-0.25, -0.2) is 14.4 Å². The van der Waals surface area contributed by atoms with Gasteiger partial charge in [0.05, 0.1) is 15.6 Å². The summed E-state index contributed by atoms with van der Waals surface area (Å²) in [4.78, 5) is 37.4. The molecule has 4 rings (SSSR count). The first kappa shape index (κ1) is 21.1. The molecule has 0 radical (unpaired) electrons. The summed E-state index contributed by atoms with van der Waals surface area (Å²) in [6.07, 6.45) is 1.81. The molecule has 2 amide bonds. The molecule has 0 fully saturated rings. The summed E-state index contributed by atoms with van der Waals surface area (Å²) in [7, 11) is 1.67. The fourth-order valence-electron chi connectivity index (χ4n) is 3.24. The lowest BCUT2D eigenvalue weighted by atomic mass is 10.1. The number of nitrogens with zero attached hydrogens (tertiary/aromatic N) is 4. The summed E-state index contributed by atoms with van der Waals surface area (Å²) in [5, 5.41) is 5.48. The van der Waals surface area contributed by atoms with Gasteiger partial charge in [-0.1, -0.05) is 12.1 Å². The predicted molar refractivity (Wildman–Crippen MR) is 119 cm³/mol. The van der Waals surface area contributed by atoms with Gasteiger partial charge < -0.3 is 10.2 Å². The van der Waals surface area contributed by atoms with Crippen molar-refractivity contribution in [3.05, 3.63) is 63.7 Å². The number of thiazole rings is 2. The lowest BCUT2D eigenvalue weighted by Crippen LogP contribution is -2.37. The van der Waals surface area contributed by atoms with Crippen molar-refractivity contribution in [2.75, 3.05) is 20.1 Å². The Morgan fingerprint density at radius 2 is 1.94 bits per heavy atom. The number of likely N-dealkylation sites (N-methyl/N-ethyl adjacent to an activating group) is 1. The molecule has 4 aromatic rings. The second kappa shape index (κ2) is 8.56. The lowest BCUT2D eigenvalue weighted by molar-refractivity contribution is 0.0782. The van der Waals surface area contributed by atoms with Crippen LogP contribution in [0.15, 0.2) is 35.8 Å². The van der Waals surface area contributed by atoms with Crippen LogP contribution in [0, 0.1) is 19.7 Å². The zero-order valence-corrected chi connectivity index (χ0v) is 18.8. The van der Waals surface area contributed by atoms with Gasteiger partial charge in [0.25, 0.3) is 11.8 Å². The molecular weight excluding hydrogens is 437 g/mol. The van der Waals surface area contributed by atoms with Gasteiger partial charge >= 0.3 is 0 Å². The molecule has 10 heteroatoms. The zero-order valence-electron chi connectivity index (χ0n) is 17.2. The van der Waals surface area contributed by atoms with Gasteiger partial charge in [-0.3, -0.25) is 14.0 Å². The van der Waals surface area contributed by atoms with Crippen molar-refractivity contribution in [3.8, 4) is 10.4 Å². The van der Waals surface area contributed by atoms with E-state index in [0.29, 0.717) is 28.5 Å². The number of imidazole rings is 1. The number of halogens is 1. The molecule has 0 atom stereocenters. The Kier molecular flexibility index (Phi) is 5.84. The van der Waals surface area contributed by atoms with Gasteiger partial charge in [0.2, 0.25) is 0 Å². The molecule has 0 saturated carbocycles. The first-order valence-corrected chi connectivity index (χ1v) is 11.2. The van der Waals surface area contributed by atoms with Crippen molar-refractivity contribution < 1.29 is 14.0 Å². The number of fused-ring (bicyclic) bond motifs is 1. The second-order valence-corrected chi connectivity index (χ2v) is 9.08. The van der Waals surface area contributed by atoms with E-state index >= 15 is 0 Å². The third-order valence-electron chi connectivity index (χ3n) is 4.77.